The van der Waals surface area contributed by atoms with Gasteiger partial charge < -0.3 is 21.1 Å². The molecule has 0 aliphatic rings. The molecule has 3 rings (SSSR count). The Morgan fingerprint density at radius 2 is 1.78 bits per heavy atom. The van der Waals surface area contributed by atoms with E-state index < -0.39 is 18.1 Å². The normalized spacial score (nSPS) is 12.8. The van der Waals surface area contributed by atoms with Crippen LogP contribution in [0.15, 0.2) is 66.9 Å². The molecule has 0 aliphatic heterocycles. The molecule has 1 aromatic heterocycles. The maximum atomic E-state index is 13.0. The number of nitrogens with two attached hydrogens (primary N) is 2. The summed E-state index contributed by atoms with van der Waals surface area (Å²) >= 11 is 0. The zero-order valence-electron chi connectivity index (χ0n) is 18.3. The van der Waals surface area contributed by atoms with Gasteiger partial charge in [0.1, 0.15) is 11.8 Å². The summed E-state index contributed by atoms with van der Waals surface area (Å²) in [5.74, 6) is -0.487. The lowest BCUT2D eigenvalue weighted by molar-refractivity contribution is -0.147. The Kier molecular flexibility index (Phi) is 8.30. The monoisotopic (exact) mass is 434 g/mol. The van der Waals surface area contributed by atoms with Crippen molar-refractivity contribution in [2.75, 3.05) is 13.6 Å². The molecule has 168 valence electrons. The van der Waals surface area contributed by atoms with Crippen LogP contribution >= 0.6 is 0 Å². The second-order valence-corrected chi connectivity index (χ2v) is 7.81. The zero-order chi connectivity index (χ0) is 22.9. The number of esters is 1. The van der Waals surface area contributed by atoms with Crippen LogP contribution in [0.25, 0.3) is 10.9 Å². The Balaban J connectivity index is 1.67. The van der Waals surface area contributed by atoms with E-state index in [2.05, 4.69) is 4.98 Å². The van der Waals surface area contributed by atoms with E-state index in [0.717, 1.165) is 16.5 Å². The van der Waals surface area contributed by atoms with Gasteiger partial charge in [-0.2, -0.15) is 0 Å². The van der Waals surface area contributed by atoms with Crippen LogP contribution in [-0.4, -0.2) is 47.4 Å². The Morgan fingerprint density at radius 3 is 2.53 bits per heavy atom. The fourth-order valence-corrected chi connectivity index (χ4v) is 3.58. The molecule has 0 fully saturated rings. The van der Waals surface area contributed by atoms with Crippen molar-refractivity contribution in [2.45, 2.75) is 37.8 Å². The maximum absolute atomic E-state index is 13.0. The van der Waals surface area contributed by atoms with Crippen LogP contribution in [0, 0.1) is 0 Å². The highest BCUT2D eigenvalue weighted by molar-refractivity contribution is 5.88. The molecule has 3 aromatic rings. The highest BCUT2D eigenvalue weighted by atomic mass is 16.5. The Hall–Kier alpha value is -3.29. The van der Waals surface area contributed by atoms with Gasteiger partial charge in [0, 0.05) is 12.4 Å². The van der Waals surface area contributed by atoms with Gasteiger partial charge in [0.25, 0.3) is 0 Å². The number of nitrogens with zero attached hydrogens (tertiary/aromatic N) is 2. The zero-order valence-corrected chi connectivity index (χ0v) is 18.3. The summed E-state index contributed by atoms with van der Waals surface area (Å²) in [5.41, 5.74) is 13.7. The molecular weight excluding hydrogens is 404 g/mol. The minimum absolute atomic E-state index is 0.295. The summed E-state index contributed by atoms with van der Waals surface area (Å²) in [6.45, 7) is 0.406. The molecule has 7 heteroatoms. The molecule has 0 aliphatic carbocycles. The van der Waals surface area contributed by atoms with Gasteiger partial charge in [0.2, 0.25) is 5.91 Å². The summed E-state index contributed by atoms with van der Waals surface area (Å²) in [6.07, 6.45) is 3.65. The average molecular weight is 435 g/mol. The van der Waals surface area contributed by atoms with Crippen LogP contribution in [0.2, 0.25) is 0 Å². The van der Waals surface area contributed by atoms with Crippen molar-refractivity contribution in [2.24, 2.45) is 11.5 Å². The molecule has 1 amide bonds. The van der Waals surface area contributed by atoms with Gasteiger partial charge in [-0.05, 0) is 49.9 Å². The van der Waals surface area contributed by atoms with Gasteiger partial charge in [-0.1, -0.05) is 48.5 Å². The largest absolute Gasteiger partial charge is 0.423 e. The molecule has 2 atom stereocenters. The van der Waals surface area contributed by atoms with Gasteiger partial charge in [-0.15, -0.1) is 0 Å². The molecule has 0 bridgehead atoms. The Bertz CT molecular complexity index is 1040. The van der Waals surface area contributed by atoms with Crippen LogP contribution < -0.4 is 16.2 Å². The number of rotatable bonds is 10. The summed E-state index contributed by atoms with van der Waals surface area (Å²) in [5, 5.41) is 0.865. The summed E-state index contributed by atoms with van der Waals surface area (Å²) in [6, 6.07) is 17.7. The molecule has 1 heterocycles. The topological polar surface area (TPSA) is 112 Å². The second kappa shape index (κ2) is 11.4. The third kappa shape index (κ3) is 6.12. The fraction of sp³-hybridized carbons (Fsp3) is 0.320. The quantitative estimate of drug-likeness (QED) is 0.475. The molecule has 0 radical (unpaired) electrons. The number of carbonyl (C=O) groups excluding carboxylic acids is 2. The first-order valence-electron chi connectivity index (χ1n) is 10.8. The molecule has 0 unspecified atom stereocenters. The van der Waals surface area contributed by atoms with Gasteiger partial charge in [-0.3, -0.25) is 9.78 Å². The van der Waals surface area contributed by atoms with Crippen molar-refractivity contribution in [3.05, 3.63) is 72.4 Å². The van der Waals surface area contributed by atoms with E-state index in [-0.39, 0.29) is 5.91 Å². The van der Waals surface area contributed by atoms with Gasteiger partial charge in [0.15, 0.2) is 0 Å². The number of para-hydroxylation sites is 1. The lowest BCUT2D eigenvalue weighted by Crippen LogP contribution is -2.50. The molecule has 2 aromatic carbocycles. The molecule has 32 heavy (non-hydrogen) atoms. The summed E-state index contributed by atoms with van der Waals surface area (Å²) in [4.78, 5) is 31.6. The predicted octanol–water partition coefficient (Wildman–Crippen LogP) is 2.67. The number of aryl methyl sites for hydroxylation is 1. The molecule has 7 nitrogen and oxygen atoms in total. The summed E-state index contributed by atoms with van der Waals surface area (Å²) < 4.78 is 5.59. The van der Waals surface area contributed by atoms with Gasteiger partial charge >= 0.3 is 5.97 Å². The Labute approximate surface area is 188 Å². The van der Waals surface area contributed by atoms with E-state index in [9.17, 15) is 9.59 Å². The van der Waals surface area contributed by atoms with E-state index in [0.29, 0.717) is 38.0 Å². The smallest absolute Gasteiger partial charge is 0.334 e. The van der Waals surface area contributed by atoms with E-state index in [1.165, 1.54) is 11.1 Å². The maximum Gasteiger partial charge on any atom is 0.334 e. The van der Waals surface area contributed by atoms with Crippen molar-refractivity contribution < 1.29 is 14.3 Å². The average Bonchev–Trinajstić information content (AvgIpc) is 2.82. The lowest BCUT2D eigenvalue weighted by Gasteiger charge is -2.28. The molecule has 0 spiro atoms. The third-order valence-electron chi connectivity index (χ3n) is 5.46. The SMILES string of the molecule is CN(C(=O)[C@@H](N)CCc1ccccc1)[C@@H](CCCN)C(=O)Oc1cnc2ccccc2c1. The predicted molar refractivity (Wildman–Crippen MR) is 125 cm³/mol. The number of fused-ring (bicyclic) bond motifs is 1. The first-order valence-corrected chi connectivity index (χ1v) is 10.8. The van der Waals surface area contributed by atoms with Crippen molar-refractivity contribution >= 4 is 22.8 Å². The standard InChI is InChI=1S/C25H30N4O3/c1-29(24(30)21(27)14-13-18-8-3-2-4-9-18)23(12-7-15-26)25(31)32-20-16-19-10-5-6-11-22(19)28-17-20/h2-6,8-11,16-17,21,23H,7,12-15,26-27H2,1H3/t21-,23-/m0/s1. The number of aromatic nitrogens is 1. The van der Waals surface area contributed by atoms with Crippen molar-refractivity contribution in [3.63, 3.8) is 0 Å². The fourth-order valence-electron chi connectivity index (χ4n) is 3.58. The van der Waals surface area contributed by atoms with Crippen LogP contribution in [0.3, 0.4) is 0 Å². The lowest BCUT2D eigenvalue weighted by atomic mass is 10.0. The number of benzene rings is 2. The summed E-state index contributed by atoms with van der Waals surface area (Å²) in [7, 11) is 1.59. The van der Waals surface area contributed by atoms with Crippen LogP contribution in [-0.2, 0) is 16.0 Å². The molecule has 0 saturated heterocycles. The molecular formula is C25H30N4O3. The van der Waals surface area contributed by atoms with E-state index in [4.69, 9.17) is 16.2 Å². The molecule has 4 N–H and O–H groups in total. The van der Waals surface area contributed by atoms with Crippen molar-refractivity contribution in [1.82, 2.24) is 9.88 Å². The van der Waals surface area contributed by atoms with Crippen LogP contribution in [0.1, 0.15) is 24.8 Å². The number of ether oxygens (including phenoxy) is 1. The van der Waals surface area contributed by atoms with E-state index in [1.54, 1.807) is 13.1 Å². The number of likely N-dealkylation sites (N-methyl/N-ethyl adjacent to an activating group) is 1. The van der Waals surface area contributed by atoms with E-state index >= 15 is 0 Å². The van der Waals surface area contributed by atoms with Crippen molar-refractivity contribution in [1.29, 1.82) is 0 Å². The minimum atomic E-state index is -0.778. The van der Waals surface area contributed by atoms with Crippen molar-refractivity contribution in [3.8, 4) is 5.75 Å². The van der Waals surface area contributed by atoms with Crippen LogP contribution in [0.5, 0.6) is 5.75 Å². The first-order chi connectivity index (χ1) is 15.5. The number of hydrogen-bond donors (Lipinski definition) is 2. The first kappa shape index (κ1) is 23.4. The minimum Gasteiger partial charge on any atom is -0.423 e. The molecule has 0 saturated carbocycles. The number of amides is 1. The highest BCUT2D eigenvalue weighted by Crippen LogP contribution is 2.20. The van der Waals surface area contributed by atoms with E-state index in [1.807, 2.05) is 54.6 Å². The van der Waals surface area contributed by atoms with Gasteiger partial charge in [-0.25, -0.2) is 4.79 Å². The van der Waals surface area contributed by atoms with Crippen LogP contribution in [0.4, 0.5) is 0 Å². The van der Waals surface area contributed by atoms with Gasteiger partial charge in [0.05, 0.1) is 17.8 Å². The highest BCUT2D eigenvalue weighted by Gasteiger charge is 2.31. The number of pyridine rings is 1. The second-order valence-electron chi connectivity index (χ2n) is 7.81. The number of carbonyl (C=O) groups is 2. The number of hydrogen-bond acceptors (Lipinski definition) is 6. The Morgan fingerprint density at radius 1 is 1.06 bits per heavy atom. The third-order valence-corrected chi connectivity index (χ3v) is 5.46.